The van der Waals surface area contributed by atoms with E-state index in [4.69, 9.17) is 4.98 Å². The molecule has 0 N–H and O–H groups in total. The average molecular weight is 383 g/mol. The first-order valence-electron chi connectivity index (χ1n) is 10.4. The van der Waals surface area contributed by atoms with E-state index >= 15 is 0 Å². The van der Waals surface area contributed by atoms with E-state index in [9.17, 15) is 9.59 Å². The highest BCUT2D eigenvalue weighted by atomic mass is 16.2. The first kappa shape index (κ1) is 19.1. The number of carbonyl (C=O) groups excluding carboxylic acids is 1. The van der Waals surface area contributed by atoms with E-state index in [-0.39, 0.29) is 17.5 Å². The summed E-state index contributed by atoms with van der Waals surface area (Å²) in [6.07, 6.45) is 4.83. The predicted octanol–water partition coefficient (Wildman–Crippen LogP) is 2.47. The first-order valence-corrected chi connectivity index (χ1v) is 10.4. The maximum absolute atomic E-state index is 12.8. The second kappa shape index (κ2) is 7.66. The highest BCUT2D eigenvalue weighted by Crippen LogP contribution is 2.32. The summed E-state index contributed by atoms with van der Waals surface area (Å²) in [7, 11) is 0. The molecule has 1 saturated carbocycles. The number of hydrogen-bond acceptors (Lipinski definition) is 4. The molecular formula is C22H30N4O2. The number of pyridine rings is 1. The van der Waals surface area contributed by atoms with E-state index in [1.165, 1.54) is 12.8 Å². The van der Waals surface area contributed by atoms with Crippen LogP contribution < -0.4 is 5.56 Å². The van der Waals surface area contributed by atoms with Gasteiger partial charge in [0.05, 0.1) is 5.69 Å². The summed E-state index contributed by atoms with van der Waals surface area (Å²) in [4.78, 5) is 34.4. The van der Waals surface area contributed by atoms with Gasteiger partial charge in [0, 0.05) is 50.9 Å². The number of rotatable bonds is 5. The molecule has 1 atom stereocenters. The molecule has 1 aliphatic heterocycles. The van der Waals surface area contributed by atoms with E-state index in [2.05, 4.69) is 23.6 Å². The van der Waals surface area contributed by atoms with Crippen LogP contribution in [-0.4, -0.2) is 50.8 Å². The molecule has 6 heteroatoms. The standard InChI is InChI=1S/C22H30N4O2/c1-15(2)19-14-24(8-7-21(27)26(19)12-17-4-5-17)13-18-11-22(28)25-9-6-16(3)10-20(25)23-18/h6,9-11,15,17,19H,4-5,7-8,12-14H2,1-3H3/t19-/m0/s1. The number of fused-ring (bicyclic) bond motifs is 1. The molecule has 4 rings (SSSR count). The minimum Gasteiger partial charge on any atom is -0.338 e. The Bertz CT molecular complexity index is 932. The molecule has 2 aromatic rings. The van der Waals surface area contributed by atoms with Gasteiger partial charge in [-0.15, -0.1) is 0 Å². The van der Waals surface area contributed by atoms with Crippen molar-refractivity contribution in [2.45, 2.75) is 52.6 Å². The van der Waals surface area contributed by atoms with Crippen LogP contribution in [0.25, 0.3) is 5.65 Å². The topological polar surface area (TPSA) is 57.9 Å². The monoisotopic (exact) mass is 382 g/mol. The molecular weight excluding hydrogens is 352 g/mol. The van der Waals surface area contributed by atoms with Crippen molar-refractivity contribution in [3.63, 3.8) is 0 Å². The molecule has 1 amide bonds. The van der Waals surface area contributed by atoms with Crippen molar-refractivity contribution in [3.8, 4) is 0 Å². The lowest BCUT2D eigenvalue weighted by atomic mass is 10.0. The van der Waals surface area contributed by atoms with Gasteiger partial charge in [0.15, 0.2) is 0 Å². The molecule has 0 radical (unpaired) electrons. The first-order chi connectivity index (χ1) is 13.4. The highest BCUT2D eigenvalue weighted by molar-refractivity contribution is 5.77. The molecule has 28 heavy (non-hydrogen) atoms. The highest BCUT2D eigenvalue weighted by Gasteiger charge is 2.35. The van der Waals surface area contributed by atoms with Crippen LogP contribution in [0.5, 0.6) is 0 Å². The molecule has 0 spiro atoms. The number of nitrogens with zero attached hydrogens (tertiary/aromatic N) is 4. The smallest absolute Gasteiger partial charge is 0.258 e. The number of aromatic nitrogens is 2. The normalized spacial score (nSPS) is 21.5. The molecule has 6 nitrogen and oxygen atoms in total. The van der Waals surface area contributed by atoms with E-state index in [1.54, 1.807) is 16.7 Å². The number of carbonyl (C=O) groups is 1. The van der Waals surface area contributed by atoms with Crippen LogP contribution in [0.1, 0.15) is 44.4 Å². The fourth-order valence-corrected chi connectivity index (χ4v) is 4.13. The molecule has 2 aliphatic rings. The van der Waals surface area contributed by atoms with Crippen LogP contribution in [-0.2, 0) is 11.3 Å². The van der Waals surface area contributed by atoms with E-state index in [0.717, 1.165) is 30.9 Å². The Morgan fingerprint density at radius 2 is 2.00 bits per heavy atom. The second-order valence-electron chi connectivity index (χ2n) is 8.80. The van der Waals surface area contributed by atoms with Crippen molar-refractivity contribution < 1.29 is 4.79 Å². The van der Waals surface area contributed by atoms with Crippen molar-refractivity contribution in [2.75, 3.05) is 19.6 Å². The third-order valence-corrected chi connectivity index (χ3v) is 5.99. The average Bonchev–Trinajstić information content (AvgIpc) is 3.46. The van der Waals surface area contributed by atoms with Gasteiger partial charge in [-0.1, -0.05) is 13.8 Å². The van der Waals surface area contributed by atoms with Gasteiger partial charge in [-0.25, -0.2) is 4.98 Å². The van der Waals surface area contributed by atoms with E-state index in [0.29, 0.717) is 30.4 Å². The van der Waals surface area contributed by atoms with Gasteiger partial charge in [0.2, 0.25) is 5.91 Å². The zero-order valence-electron chi connectivity index (χ0n) is 17.1. The third-order valence-electron chi connectivity index (χ3n) is 5.99. The fraction of sp³-hybridized carbons (Fsp3) is 0.591. The van der Waals surface area contributed by atoms with E-state index < -0.39 is 0 Å². The Morgan fingerprint density at radius 3 is 2.71 bits per heavy atom. The second-order valence-corrected chi connectivity index (χ2v) is 8.80. The Morgan fingerprint density at radius 1 is 1.21 bits per heavy atom. The van der Waals surface area contributed by atoms with Gasteiger partial charge in [-0.2, -0.15) is 0 Å². The zero-order valence-corrected chi connectivity index (χ0v) is 17.1. The van der Waals surface area contributed by atoms with Crippen molar-refractivity contribution >= 4 is 11.6 Å². The maximum atomic E-state index is 12.8. The fourth-order valence-electron chi connectivity index (χ4n) is 4.13. The Hall–Kier alpha value is -2.21. The summed E-state index contributed by atoms with van der Waals surface area (Å²) in [5.74, 6) is 1.37. The molecule has 2 aromatic heterocycles. The molecule has 2 fully saturated rings. The summed E-state index contributed by atoms with van der Waals surface area (Å²) >= 11 is 0. The van der Waals surface area contributed by atoms with Gasteiger partial charge in [-0.05, 0) is 49.3 Å². The lowest BCUT2D eigenvalue weighted by molar-refractivity contribution is -0.133. The SMILES string of the molecule is Cc1ccn2c(=O)cc(CN3CCC(=O)N(CC4CC4)[C@H](C(C)C)C3)nc2c1. The van der Waals surface area contributed by atoms with Crippen molar-refractivity contribution in [2.24, 2.45) is 11.8 Å². The lowest BCUT2D eigenvalue weighted by Gasteiger charge is -2.34. The number of hydrogen-bond donors (Lipinski definition) is 0. The van der Waals surface area contributed by atoms with Crippen molar-refractivity contribution in [1.82, 2.24) is 19.2 Å². The molecule has 0 unspecified atom stereocenters. The predicted molar refractivity (Wildman–Crippen MR) is 109 cm³/mol. The maximum Gasteiger partial charge on any atom is 0.258 e. The van der Waals surface area contributed by atoms with Gasteiger partial charge < -0.3 is 4.90 Å². The molecule has 0 bridgehead atoms. The zero-order chi connectivity index (χ0) is 19.8. The summed E-state index contributed by atoms with van der Waals surface area (Å²) in [6, 6.07) is 5.70. The van der Waals surface area contributed by atoms with Crippen molar-refractivity contribution in [1.29, 1.82) is 0 Å². The Balaban J connectivity index is 1.56. The van der Waals surface area contributed by atoms with Crippen LogP contribution >= 0.6 is 0 Å². The van der Waals surface area contributed by atoms with E-state index in [1.807, 2.05) is 19.1 Å². The van der Waals surface area contributed by atoms with Crippen LogP contribution in [0.4, 0.5) is 0 Å². The summed E-state index contributed by atoms with van der Waals surface area (Å²) in [5.41, 5.74) is 2.49. The van der Waals surface area contributed by atoms with Crippen LogP contribution in [0.2, 0.25) is 0 Å². The molecule has 150 valence electrons. The van der Waals surface area contributed by atoms with Gasteiger partial charge in [-0.3, -0.25) is 18.9 Å². The van der Waals surface area contributed by atoms with Gasteiger partial charge in [0.1, 0.15) is 5.65 Å². The summed E-state index contributed by atoms with van der Waals surface area (Å²) in [6.45, 7) is 9.47. The van der Waals surface area contributed by atoms with Crippen LogP contribution in [0, 0.1) is 18.8 Å². The quantitative estimate of drug-likeness (QED) is 0.797. The van der Waals surface area contributed by atoms with Crippen LogP contribution in [0.3, 0.4) is 0 Å². The van der Waals surface area contributed by atoms with Crippen LogP contribution in [0.15, 0.2) is 29.2 Å². The minimum atomic E-state index is -0.0540. The lowest BCUT2D eigenvalue weighted by Crippen LogP contribution is -2.47. The molecule has 0 aromatic carbocycles. The molecule has 3 heterocycles. The Kier molecular flexibility index (Phi) is 5.23. The largest absolute Gasteiger partial charge is 0.338 e. The Labute approximate surface area is 166 Å². The number of aryl methyl sites for hydroxylation is 1. The molecule has 1 saturated heterocycles. The van der Waals surface area contributed by atoms with Crippen molar-refractivity contribution in [3.05, 3.63) is 46.0 Å². The summed E-state index contributed by atoms with van der Waals surface area (Å²) in [5, 5.41) is 0. The minimum absolute atomic E-state index is 0.0540. The summed E-state index contributed by atoms with van der Waals surface area (Å²) < 4.78 is 1.58. The molecule has 1 aliphatic carbocycles. The van der Waals surface area contributed by atoms with Gasteiger partial charge in [0.25, 0.3) is 5.56 Å². The van der Waals surface area contributed by atoms with Gasteiger partial charge >= 0.3 is 0 Å². The number of amides is 1. The third kappa shape index (κ3) is 4.12.